The number of rotatable bonds is 2. The van der Waals surface area contributed by atoms with E-state index in [1.54, 1.807) is 0 Å². The zero-order chi connectivity index (χ0) is 11.0. The molecule has 4 nitrogen and oxygen atoms in total. The van der Waals surface area contributed by atoms with Gasteiger partial charge in [-0.25, -0.2) is 0 Å². The minimum absolute atomic E-state index is 0.563. The predicted molar refractivity (Wildman–Crippen MR) is 63.4 cm³/mol. The summed E-state index contributed by atoms with van der Waals surface area (Å²) in [5.74, 6) is 0. The average Bonchev–Trinajstić information content (AvgIpc) is 2.69. The largest absolute Gasteiger partial charge is 0.262 e. The number of hydrogen-bond donors (Lipinski definition) is 0. The van der Waals surface area contributed by atoms with Crippen molar-refractivity contribution in [3.63, 3.8) is 0 Å². The highest BCUT2D eigenvalue weighted by Gasteiger charge is 2.12. The molecule has 80 valence electrons. The van der Waals surface area contributed by atoms with Crippen molar-refractivity contribution >= 4 is 39.1 Å². The Hall–Kier alpha value is -0.460. The zero-order valence-electron chi connectivity index (χ0n) is 8.16. The highest BCUT2D eigenvalue weighted by molar-refractivity contribution is 9.10. The Labute approximate surface area is 105 Å². The molecular formula is C8H8BrClN4S. The quantitative estimate of drug-likeness (QED) is 0.857. The molecule has 15 heavy (non-hydrogen) atoms. The SMILES string of the molecule is Cc1nn(Cc2nnsc2Cl)c(C)c1Br. The molecule has 0 saturated carbocycles. The summed E-state index contributed by atoms with van der Waals surface area (Å²) in [5, 5.41) is 8.33. The van der Waals surface area contributed by atoms with Crippen LogP contribution in [0.2, 0.25) is 4.34 Å². The zero-order valence-corrected chi connectivity index (χ0v) is 11.3. The van der Waals surface area contributed by atoms with Crippen LogP contribution in [0, 0.1) is 13.8 Å². The van der Waals surface area contributed by atoms with E-state index < -0.39 is 0 Å². The van der Waals surface area contributed by atoms with Crippen molar-refractivity contribution < 1.29 is 0 Å². The Morgan fingerprint density at radius 1 is 1.47 bits per heavy atom. The molecule has 2 heterocycles. The second-order valence-electron chi connectivity index (χ2n) is 3.14. The van der Waals surface area contributed by atoms with Gasteiger partial charge in [0.05, 0.1) is 22.4 Å². The van der Waals surface area contributed by atoms with Gasteiger partial charge in [-0.05, 0) is 29.8 Å². The Morgan fingerprint density at radius 3 is 2.67 bits per heavy atom. The summed E-state index contributed by atoms with van der Waals surface area (Å²) in [4.78, 5) is 0. The lowest BCUT2D eigenvalue weighted by Gasteiger charge is -2.00. The highest BCUT2D eigenvalue weighted by atomic mass is 79.9. The predicted octanol–water partition coefficient (Wildman–Crippen LogP) is 2.82. The van der Waals surface area contributed by atoms with E-state index >= 15 is 0 Å². The topological polar surface area (TPSA) is 43.6 Å². The van der Waals surface area contributed by atoms with Crippen molar-refractivity contribution in [3.8, 4) is 0 Å². The fourth-order valence-corrected chi connectivity index (χ4v) is 2.16. The third-order valence-corrected chi connectivity index (χ3v) is 4.23. The van der Waals surface area contributed by atoms with E-state index in [1.807, 2.05) is 18.5 Å². The van der Waals surface area contributed by atoms with Gasteiger partial charge in [-0.2, -0.15) is 5.10 Å². The number of nitrogens with zero attached hydrogens (tertiary/aromatic N) is 4. The van der Waals surface area contributed by atoms with Gasteiger partial charge >= 0.3 is 0 Å². The molecule has 2 aromatic heterocycles. The molecule has 0 aliphatic rings. The van der Waals surface area contributed by atoms with E-state index in [0.717, 1.165) is 21.6 Å². The molecular weight excluding hydrogens is 300 g/mol. The number of aromatic nitrogens is 4. The maximum atomic E-state index is 5.93. The Balaban J connectivity index is 2.33. The molecule has 0 amide bonds. The lowest BCUT2D eigenvalue weighted by molar-refractivity contribution is 0.645. The van der Waals surface area contributed by atoms with Crippen LogP contribution in [0.15, 0.2) is 4.47 Å². The summed E-state index contributed by atoms with van der Waals surface area (Å²) < 4.78 is 7.30. The van der Waals surface area contributed by atoms with E-state index in [1.165, 1.54) is 11.5 Å². The average molecular weight is 308 g/mol. The molecule has 0 bridgehead atoms. The van der Waals surface area contributed by atoms with E-state index in [4.69, 9.17) is 11.6 Å². The van der Waals surface area contributed by atoms with Crippen LogP contribution in [0.1, 0.15) is 17.1 Å². The van der Waals surface area contributed by atoms with Gasteiger partial charge in [-0.15, -0.1) is 5.10 Å². The van der Waals surface area contributed by atoms with Crippen LogP contribution in [0.5, 0.6) is 0 Å². The molecule has 2 aromatic rings. The number of halogens is 2. The first kappa shape index (κ1) is 11.0. The smallest absolute Gasteiger partial charge is 0.139 e. The maximum Gasteiger partial charge on any atom is 0.139 e. The van der Waals surface area contributed by atoms with Crippen molar-refractivity contribution in [2.45, 2.75) is 20.4 Å². The maximum absolute atomic E-state index is 5.93. The molecule has 0 N–H and O–H groups in total. The first-order valence-electron chi connectivity index (χ1n) is 4.26. The van der Waals surface area contributed by atoms with Crippen molar-refractivity contribution in [3.05, 3.63) is 25.9 Å². The van der Waals surface area contributed by atoms with Crippen molar-refractivity contribution in [1.29, 1.82) is 0 Å². The molecule has 0 spiro atoms. The molecule has 0 radical (unpaired) electrons. The van der Waals surface area contributed by atoms with Crippen molar-refractivity contribution in [2.24, 2.45) is 0 Å². The van der Waals surface area contributed by atoms with Gasteiger partial charge < -0.3 is 0 Å². The van der Waals surface area contributed by atoms with Gasteiger partial charge in [0.25, 0.3) is 0 Å². The standard InChI is InChI=1S/C8H8BrClN4S/c1-4-7(9)5(2)14(12-4)3-6-8(10)15-13-11-6/h3H2,1-2H3. The van der Waals surface area contributed by atoms with Gasteiger partial charge in [0.15, 0.2) is 0 Å². The highest BCUT2D eigenvalue weighted by Crippen LogP contribution is 2.23. The van der Waals surface area contributed by atoms with Gasteiger partial charge in [0, 0.05) is 11.5 Å². The lowest BCUT2D eigenvalue weighted by Crippen LogP contribution is -2.04. The van der Waals surface area contributed by atoms with Gasteiger partial charge in [0.1, 0.15) is 10.0 Å². The molecule has 7 heteroatoms. The van der Waals surface area contributed by atoms with E-state index in [9.17, 15) is 0 Å². The van der Waals surface area contributed by atoms with Crippen LogP contribution >= 0.6 is 39.1 Å². The molecule has 0 aliphatic carbocycles. The molecule has 0 fully saturated rings. The van der Waals surface area contributed by atoms with Crippen LogP contribution < -0.4 is 0 Å². The first-order chi connectivity index (χ1) is 7.09. The van der Waals surface area contributed by atoms with Gasteiger partial charge in [0.2, 0.25) is 0 Å². The van der Waals surface area contributed by atoms with E-state index in [-0.39, 0.29) is 0 Å². The van der Waals surface area contributed by atoms with Crippen LogP contribution in [0.3, 0.4) is 0 Å². The fraction of sp³-hybridized carbons (Fsp3) is 0.375. The summed E-state index contributed by atoms with van der Waals surface area (Å²) in [7, 11) is 0. The second kappa shape index (κ2) is 4.19. The van der Waals surface area contributed by atoms with Crippen LogP contribution in [-0.4, -0.2) is 19.4 Å². The first-order valence-corrected chi connectivity index (χ1v) is 6.20. The van der Waals surface area contributed by atoms with Crippen molar-refractivity contribution in [1.82, 2.24) is 19.4 Å². The number of hydrogen-bond acceptors (Lipinski definition) is 4. The van der Waals surface area contributed by atoms with Crippen molar-refractivity contribution in [2.75, 3.05) is 0 Å². The Morgan fingerprint density at radius 2 is 2.20 bits per heavy atom. The monoisotopic (exact) mass is 306 g/mol. The normalized spacial score (nSPS) is 10.9. The van der Waals surface area contributed by atoms with E-state index in [2.05, 4.69) is 30.6 Å². The molecule has 0 aromatic carbocycles. The molecule has 0 saturated heterocycles. The molecule has 0 aliphatic heterocycles. The fourth-order valence-electron chi connectivity index (χ4n) is 1.26. The third kappa shape index (κ3) is 2.07. The van der Waals surface area contributed by atoms with Crippen LogP contribution in [0.4, 0.5) is 0 Å². The van der Waals surface area contributed by atoms with E-state index in [0.29, 0.717) is 10.9 Å². The lowest BCUT2D eigenvalue weighted by atomic mass is 10.4. The third-order valence-electron chi connectivity index (χ3n) is 2.10. The van der Waals surface area contributed by atoms with Crippen LogP contribution in [0.25, 0.3) is 0 Å². The summed E-state index contributed by atoms with van der Waals surface area (Å²) in [5.41, 5.74) is 2.79. The Bertz CT molecular complexity index is 493. The van der Waals surface area contributed by atoms with Gasteiger partial charge in [-0.1, -0.05) is 16.1 Å². The minimum Gasteiger partial charge on any atom is -0.262 e. The van der Waals surface area contributed by atoms with Crippen LogP contribution in [-0.2, 0) is 6.54 Å². The summed E-state index contributed by atoms with van der Waals surface area (Å²) in [6.07, 6.45) is 0. The second-order valence-corrected chi connectivity index (χ2v) is 5.28. The number of aryl methyl sites for hydroxylation is 1. The summed E-state index contributed by atoms with van der Waals surface area (Å²) >= 11 is 10.6. The summed E-state index contributed by atoms with van der Waals surface area (Å²) in [6, 6.07) is 0. The minimum atomic E-state index is 0.563. The summed E-state index contributed by atoms with van der Waals surface area (Å²) in [6.45, 7) is 4.51. The molecule has 0 unspecified atom stereocenters. The Kier molecular flexibility index (Phi) is 3.08. The molecule has 0 atom stereocenters. The van der Waals surface area contributed by atoms with Gasteiger partial charge in [-0.3, -0.25) is 4.68 Å². The molecule has 2 rings (SSSR count).